The fourth-order valence-electron chi connectivity index (χ4n) is 3.04. The lowest BCUT2D eigenvalue weighted by molar-refractivity contribution is -0.137. The van der Waals surface area contributed by atoms with Crippen LogP contribution in [0, 0.1) is 0 Å². The van der Waals surface area contributed by atoms with E-state index in [0.29, 0.717) is 33.5 Å². The number of fused-ring (bicyclic) bond motifs is 1. The highest BCUT2D eigenvalue weighted by Crippen LogP contribution is 2.32. The Morgan fingerprint density at radius 1 is 1.00 bits per heavy atom. The van der Waals surface area contributed by atoms with E-state index in [1.165, 1.54) is 18.5 Å². The zero-order chi connectivity index (χ0) is 21.1. The van der Waals surface area contributed by atoms with Gasteiger partial charge in [0.2, 0.25) is 5.91 Å². The quantitative estimate of drug-likeness (QED) is 0.522. The van der Waals surface area contributed by atoms with Crippen molar-refractivity contribution in [2.75, 3.05) is 5.32 Å². The highest BCUT2D eigenvalue weighted by Gasteiger charge is 2.30. The molecule has 0 unspecified atom stereocenters. The van der Waals surface area contributed by atoms with Crippen molar-refractivity contribution >= 4 is 22.6 Å². The Hall–Kier alpha value is -3.81. The maximum Gasteiger partial charge on any atom is 0.416 e. The minimum Gasteiger partial charge on any atom is -0.324 e. The van der Waals surface area contributed by atoms with Crippen LogP contribution in [0.3, 0.4) is 0 Å². The van der Waals surface area contributed by atoms with Crippen LogP contribution in [0.25, 0.3) is 22.3 Å². The van der Waals surface area contributed by atoms with E-state index in [1.54, 1.807) is 42.6 Å². The largest absolute Gasteiger partial charge is 0.416 e. The average Bonchev–Trinajstić information content (AvgIpc) is 2.74. The van der Waals surface area contributed by atoms with Crippen LogP contribution in [0.4, 0.5) is 18.9 Å². The summed E-state index contributed by atoms with van der Waals surface area (Å²) in [4.78, 5) is 25.2. The molecule has 30 heavy (non-hydrogen) atoms. The lowest BCUT2D eigenvalue weighted by Crippen LogP contribution is -2.15. The van der Waals surface area contributed by atoms with Crippen LogP contribution in [-0.4, -0.2) is 20.9 Å². The fourth-order valence-corrected chi connectivity index (χ4v) is 3.04. The van der Waals surface area contributed by atoms with Crippen molar-refractivity contribution < 1.29 is 18.0 Å². The maximum atomic E-state index is 13.0. The summed E-state index contributed by atoms with van der Waals surface area (Å²) in [7, 11) is 0. The summed E-state index contributed by atoms with van der Waals surface area (Å²) in [6, 6.07) is 13.6. The number of alkyl halides is 3. The zero-order valence-electron chi connectivity index (χ0n) is 15.5. The van der Waals surface area contributed by atoms with Crippen LogP contribution in [0.2, 0.25) is 0 Å². The van der Waals surface area contributed by atoms with Gasteiger partial charge in [0, 0.05) is 11.8 Å². The Morgan fingerprint density at radius 3 is 2.60 bits per heavy atom. The minimum absolute atomic E-state index is 0.0347. The maximum absolute atomic E-state index is 13.0. The molecule has 0 aliphatic rings. The number of amides is 1. The molecule has 0 aliphatic heterocycles. The van der Waals surface area contributed by atoms with Crippen molar-refractivity contribution in [2.45, 2.75) is 12.6 Å². The van der Waals surface area contributed by atoms with Crippen LogP contribution in [0.15, 0.2) is 73.2 Å². The van der Waals surface area contributed by atoms with Crippen molar-refractivity contribution in [1.29, 1.82) is 0 Å². The zero-order valence-corrected chi connectivity index (χ0v) is 15.5. The molecule has 0 aliphatic carbocycles. The molecule has 0 saturated carbocycles. The topological polar surface area (TPSA) is 67.8 Å². The van der Waals surface area contributed by atoms with Gasteiger partial charge in [-0.1, -0.05) is 24.3 Å². The fraction of sp³-hybridized carbons (Fsp3) is 0.0909. The SMILES string of the molecule is O=C(Cc1cccc2ncc(-c3cccc(C(F)(F)F)c3)nc12)Nc1cccnc1. The van der Waals surface area contributed by atoms with E-state index < -0.39 is 11.7 Å². The van der Waals surface area contributed by atoms with Crippen molar-refractivity contribution in [3.63, 3.8) is 0 Å². The molecular weight excluding hydrogens is 393 g/mol. The van der Waals surface area contributed by atoms with Gasteiger partial charge in [-0.3, -0.25) is 14.8 Å². The van der Waals surface area contributed by atoms with Gasteiger partial charge in [-0.2, -0.15) is 13.2 Å². The lowest BCUT2D eigenvalue weighted by Gasteiger charge is -2.10. The smallest absolute Gasteiger partial charge is 0.324 e. The molecule has 1 N–H and O–H groups in total. The summed E-state index contributed by atoms with van der Waals surface area (Å²) in [5, 5.41) is 2.75. The molecule has 0 spiro atoms. The Kier molecular flexibility index (Phi) is 5.14. The predicted octanol–water partition coefficient (Wildman–Crippen LogP) is 4.89. The molecule has 2 aromatic carbocycles. The predicted molar refractivity (Wildman–Crippen MR) is 107 cm³/mol. The molecule has 4 rings (SSSR count). The molecule has 0 atom stereocenters. The summed E-state index contributed by atoms with van der Waals surface area (Å²) in [5.74, 6) is -0.262. The van der Waals surface area contributed by atoms with E-state index in [1.807, 2.05) is 0 Å². The first-order valence-corrected chi connectivity index (χ1v) is 9.02. The van der Waals surface area contributed by atoms with Gasteiger partial charge < -0.3 is 5.32 Å². The highest BCUT2D eigenvalue weighted by molar-refractivity contribution is 5.94. The second kappa shape index (κ2) is 7.90. The number of nitrogens with zero attached hydrogens (tertiary/aromatic N) is 3. The number of hydrogen-bond acceptors (Lipinski definition) is 4. The van der Waals surface area contributed by atoms with Crippen LogP contribution >= 0.6 is 0 Å². The Balaban J connectivity index is 1.67. The van der Waals surface area contributed by atoms with Gasteiger partial charge in [0.25, 0.3) is 0 Å². The number of hydrogen-bond donors (Lipinski definition) is 1. The summed E-state index contributed by atoms with van der Waals surface area (Å²) in [6.07, 6.45) is 0.151. The Labute approximate surface area is 169 Å². The van der Waals surface area contributed by atoms with Crippen molar-refractivity contribution in [3.8, 4) is 11.3 Å². The van der Waals surface area contributed by atoms with Gasteiger partial charge in [0.1, 0.15) is 0 Å². The van der Waals surface area contributed by atoms with Gasteiger partial charge >= 0.3 is 6.18 Å². The second-order valence-corrected chi connectivity index (χ2v) is 6.59. The monoisotopic (exact) mass is 408 g/mol. The van der Waals surface area contributed by atoms with E-state index >= 15 is 0 Å². The van der Waals surface area contributed by atoms with Gasteiger partial charge in [-0.15, -0.1) is 0 Å². The van der Waals surface area contributed by atoms with E-state index in [9.17, 15) is 18.0 Å². The van der Waals surface area contributed by atoms with Crippen molar-refractivity contribution in [3.05, 3.63) is 84.3 Å². The van der Waals surface area contributed by atoms with Gasteiger partial charge in [-0.05, 0) is 35.9 Å². The number of pyridine rings is 1. The van der Waals surface area contributed by atoms with Crippen LogP contribution in [0.5, 0.6) is 0 Å². The number of carbonyl (C=O) groups is 1. The number of halogens is 3. The highest BCUT2D eigenvalue weighted by atomic mass is 19.4. The molecule has 2 heterocycles. The Bertz CT molecular complexity index is 1210. The van der Waals surface area contributed by atoms with E-state index in [0.717, 1.165) is 12.1 Å². The third kappa shape index (κ3) is 4.27. The third-order valence-corrected chi connectivity index (χ3v) is 4.44. The number of carbonyl (C=O) groups excluding carboxylic acids is 1. The lowest BCUT2D eigenvalue weighted by atomic mass is 10.1. The molecular formula is C22H15F3N4O. The summed E-state index contributed by atoms with van der Waals surface area (Å²) in [5.41, 5.74) is 2.05. The van der Waals surface area contributed by atoms with Gasteiger partial charge in [-0.25, -0.2) is 4.98 Å². The van der Waals surface area contributed by atoms with Crippen LogP contribution < -0.4 is 5.32 Å². The second-order valence-electron chi connectivity index (χ2n) is 6.59. The molecule has 4 aromatic rings. The number of rotatable bonds is 4. The number of nitrogens with one attached hydrogen (secondary N) is 1. The molecule has 5 nitrogen and oxygen atoms in total. The van der Waals surface area contributed by atoms with E-state index in [2.05, 4.69) is 20.3 Å². The standard InChI is InChI=1S/C22H15F3N4O/c23-22(24,25)16-6-1-4-14(10-16)19-13-27-18-8-2-5-15(21(18)29-19)11-20(30)28-17-7-3-9-26-12-17/h1-10,12-13H,11H2,(H,28,30). The average molecular weight is 408 g/mol. The third-order valence-electron chi connectivity index (χ3n) is 4.44. The molecule has 0 bridgehead atoms. The molecule has 0 fully saturated rings. The number of anilines is 1. The normalized spacial score (nSPS) is 11.4. The first kappa shape index (κ1) is 19.5. The van der Waals surface area contributed by atoms with Crippen LogP contribution in [0.1, 0.15) is 11.1 Å². The molecule has 1 amide bonds. The first-order chi connectivity index (χ1) is 14.4. The molecule has 8 heteroatoms. The Morgan fingerprint density at radius 2 is 1.83 bits per heavy atom. The van der Waals surface area contributed by atoms with Gasteiger partial charge in [0.05, 0.1) is 46.8 Å². The van der Waals surface area contributed by atoms with Crippen LogP contribution in [-0.2, 0) is 17.4 Å². The molecule has 150 valence electrons. The first-order valence-electron chi connectivity index (χ1n) is 9.02. The van der Waals surface area contributed by atoms with Crippen molar-refractivity contribution in [1.82, 2.24) is 15.0 Å². The molecule has 2 aromatic heterocycles. The number of benzene rings is 2. The summed E-state index contributed by atoms with van der Waals surface area (Å²) >= 11 is 0. The number of para-hydroxylation sites is 1. The molecule has 0 saturated heterocycles. The van der Waals surface area contributed by atoms with Crippen molar-refractivity contribution in [2.24, 2.45) is 0 Å². The number of aromatic nitrogens is 3. The summed E-state index contributed by atoms with van der Waals surface area (Å²) < 4.78 is 39.1. The van der Waals surface area contributed by atoms with Gasteiger partial charge in [0.15, 0.2) is 0 Å². The summed E-state index contributed by atoms with van der Waals surface area (Å²) in [6.45, 7) is 0. The van der Waals surface area contributed by atoms with E-state index in [-0.39, 0.29) is 12.3 Å². The molecule has 0 radical (unpaired) electrons. The minimum atomic E-state index is -4.45. The van der Waals surface area contributed by atoms with E-state index in [4.69, 9.17) is 0 Å².